The highest BCUT2D eigenvalue weighted by Crippen LogP contribution is 2.27. The first-order chi connectivity index (χ1) is 14.4. The number of nitrogens with zero attached hydrogens (tertiary/aromatic N) is 1. The standard InChI is InChI=1S/C23H23NO5S/c1-18-16-21(12-13-22(18)29-17-23(25)26)30(27,28)24(20-10-6-3-7-11-20)15-14-19-8-4-2-5-9-19/h2-13,16H,14-15,17H2,1H3,(H,25,26). The highest BCUT2D eigenvalue weighted by Gasteiger charge is 2.25. The van der Waals surface area contributed by atoms with Crippen LogP contribution in [0.25, 0.3) is 0 Å². The first kappa shape index (κ1) is 21.4. The smallest absolute Gasteiger partial charge is 0.341 e. The first-order valence-electron chi connectivity index (χ1n) is 9.45. The molecular formula is C23H23NO5S. The summed E-state index contributed by atoms with van der Waals surface area (Å²) in [6, 6.07) is 23.1. The summed E-state index contributed by atoms with van der Waals surface area (Å²) in [6.07, 6.45) is 0.563. The fourth-order valence-electron chi connectivity index (χ4n) is 3.07. The van der Waals surface area contributed by atoms with Crippen LogP contribution in [0, 0.1) is 6.92 Å². The molecule has 3 rings (SSSR count). The van der Waals surface area contributed by atoms with Crippen LogP contribution >= 0.6 is 0 Å². The van der Waals surface area contributed by atoms with Crippen LogP contribution in [0.15, 0.2) is 83.8 Å². The maximum atomic E-state index is 13.5. The van der Waals surface area contributed by atoms with E-state index in [9.17, 15) is 13.2 Å². The molecule has 0 aromatic heterocycles. The Hall–Kier alpha value is -3.32. The number of carbonyl (C=O) groups is 1. The Kier molecular flexibility index (Phi) is 6.74. The van der Waals surface area contributed by atoms with E-state index in [0.717, 1.165) is 5.56 Å². The first-order valence-corrected chi connectivity index (χ1v) is 10.9. The molecule has 0 fully saturated rings. The molecule has 156 valence electrons. The Balaban J connectivity index is 1.91. The fraction of sp³-hybridized carbons (Fsp3) is 0.174. The second-order valence-electron chi connectivity index (χ2n) is 6.76. The number of ether oxygens (including phenoxy) is 1. The molecule has 0 bridgehead atoms. The van der Waals surface area contributed by atoms with Crippen molar-refractivity contribution in [2.45, 2.75) is 18.2 Å². The van der Waals surface area contributed by atoms with Crippen molar-refractivity contribution < 1.29 is 23.1 Å². The van der Waals surface area contributed by atoms with Crippen LogP contribution < -0.4 is 9.04 Å². The van der Waals surface area contributed by atoms with E-state index in [-0.39, 0.29) is 11.4 Å². The SMILES string of the molecule is Cc1cc(S(=O)(=O)N(CCc2ccccc2)c2ccccc2)ccc1OCC(=O)O. The van der Waals surface area contributed by atoms with Crippen LogP contribution in [-0.2, 0) is 21.2 Å². The third-order valence-corrected chi connectivity index (χ3v) is 6.40. The van der Waals surface area contributed by atoms with Crippen LogP contribution in [-0.4, -0.2) is 32.6 Å². The molecular weight excluding hydrogens is 402 g/mol. The summed E-state index contributed by atoms with van der Waals surface area (Å²) in [4.78, 5) is 10.8. The van der Waals surface area contributed by atoms with Crippen molar-refractivity contribution in [3.63, 3.8) is 0 Å². The number of hydrogen-bond acceptors (Lipinski definition) is 4. The van der Waals surface area contributed by atoms with E-state index in [4.69, 9.17) is 9.84 Å². The Morgan fingerprint density at radius 1 is 0.967 bits per heavy atom. The van der Waals surface area contributed by atoms with Crippen LogP contribution in [0.5, 0.6) is 5.75 Å². The summed E-state index contributed by atoms with van der Waals surface area (Å²) >= 11 is 0. The molecule has 0 aliphatic carbocycles. The van der Waals surface area contributed by atoms with Crippen LogP contribution in [0.2, 0.25) is 0 Å². The van der Waals surface area contributed by atoms with E-state index in [1.165, 1.54) is 22.5 Å². The van der Waals surface area contributed by atoms with Gasteiger partial charge in [0, 0.05) is 6.54 Å². The van der Waals surface area contributed by atoms with Gasteiger partial charge in [-0.3, -0.25) is 4.31 Å². The molecule has 30 heavy (non-hydrogen) atoms. The lowest BCUT2D eigenvalue weighted by Gasteiger charge is -2.25. The molecule has 0 heterocycles. The van der Waals surface area contributed by atoms with Gasteiger partial charge in [0.1, 0.15) is 5.75 Å². The van der Waals surface area contributed by atoms with Crippen LogP contribution in [0.3, 0.4) is 0 Å². The zero-order valence-electron chi connectivity index (χ0n) is 16.6. The van der Waals surface area contributed by atoms with E-state index >= 15 is 0 Å². The number of carboxylic acids is 1. The number of rotatable bonds is 9. The Morgan fingerprint density at radius 2 is 1.60 bits per heavy atom. The molecule has 0 aliphatic heterocycles. The number of carboxylic acid groups (broad SMARTS) is 1. The van der Waals surface area contributed by atoms with Crippen LogP contribution in [0.1, 0.15) is 11.1 Å². The van der Waals surface area contributed by atoms with Crippen molar-refractivity contribution in [2.24, 2.45) is 0 Å². The third-order valence-electron chi connectivity index (χ3n) is 4.58. The Bertz CT molecular complexity index is 1100. The normalized spacial score (nSPS) is 11.1. The number of aryl methyl sites for hydroxylation is 1. The zero-order chi connectivity index (χ0) is 21.6. The number of anilines is 1. The number of sulfonamides is 1. The number of aliphatic carboxylic acids is 1. The molecule has 1 N–H and O–H groups in total. The molecule has 0 aliphatic rings. The maximum Gasteiger partial charge on any atom is 0.341 e. The Morgan fingerprint density at radius 3 is 2.20 bits per heavy atom. The fourth-order valence-corrected chi connectivity index (χ4v) is 4.62. The summed E-state index contributed by atoms with van der Waals surface area (Å²) < 4.78 is 33.6. The monoisotopic (exact) mass is 425 g/mol. The molecule has 0 atom stereocenters. The van der Waals surface area contributed by atoms with Gasteiger partial charge in [0.25, 0.3) is 10.0 Å². The zero-order valence-corrected chi connectivity index (χ0v) is 17.4. The second kappa shape index (κ2) is 9.45. The van der Waals surface area contributed by atoms with Gasteiger partial charge in [-0.1, -0.05) is 48.5 Å². The second-order valence-corrected chi connectivity index (χ2v) is 8.62. The van der Waals surface area contributed by atoms with Crippen molar-refractivity contribution in [3.8, 4) is 5.75 Å². The predicted molar refractivity (Wildman–Crippen MR) is 115 cm³/mol. The van der Waals surface area contributed by atoms with E-state index in [1.807, 2.05) is 36.4 Å². The lowest BCUT2D eigenvalue weighted by atomic mass is 10.1. The van der Waals surface area contributed by atoms with Gasteiger partial charge in [0.15, 0.2) is 6.61 Å². The van der Waals surface area contributed by atoms with Crippen molar-refractivity contribution >= 4 is 21.7 Å². The molecule has 0 saturated carbocycles. The van der Waals surface area contributed by atoms with Crippen molar-refractivity contribution in [2.75, 3.05) is 17.5 Å². The van der Waals surface area contributed by atoms with Gasteiger partial charge in [0.05, 0.1) is 10.6 Å². The van der Waals surface area contributed by atoms with Gasteiger partial charge >= 0.3 is 5.97 Å². The average molecular weight is 426 g/mol. The number of hydrogen-bond donors (Lipinski definition) is 1. The van der Waals surface area contributed by atoms with Gasteiger partial charge in [-0.15, -0.1) is 0 Å². The van der Waals surface area contributed by atoms with Crippen molar-refractivity contribution in [3.05, 3.63) is 90.0 Å². The van der Waals surface area contributed by atoms with Gasteiger partial charge in [-0.2, -0.15) is 0 Å². The van der Waals surface area contributed by atoms with Crippen LogP contribution in [0.4, 0.5) is 5.69 Å². The molecule has 0 radical (unpaired) electrons. The summed E-state index contributed by atoms with van der Waals surface area (Å²) in [5, 5.41) is 8.77. The van der Waals surface area contributed by atoms with Gasteiger partial charge in [0.2, 0.25) is 0 Å². The lowest BCUT2D eigenvalue weighted by Crippen LogP contribution is -2.33. The van der Waals surface area contributed by atoms with E-state index in [0.29, 0.717) is 23.4 Å². The minimum atomic E-state index is -3.83. The highest BCUT2D eigenvalue weighted by atomic mass is 32.2. The highest BCUT2D eigenvalue weighted by molar-refractivity contribution is 7.92. The largest absolute Gasteiger partial charge is 0.482 e. The molecule has 0 spiro atoms. The van der Waals surface area contributed by atoms with Crippen molar-refractivity contribution in [1.29, 1.82) is 0 Å². The molecule has 3 aromatic rings. The maximum absolute atomic E-state index is 13.5. The van der Waals surface area contributed by atoms with E-state index < -0.39 is 22.6 Å². The Labute approximate surface area is 176 Å². The topological polar surface area (TPSA) is 83.9 Å². The lowest BCUT2D eigenvalue weighted by molar-refractivity contribution is -0.139. The molecule has 7 heteroatoms. The molecule has 6 nitrogen and oxygen atoms in total. The molecule has 0 saturated heterocycles. The number of benzene rings is 3. The number of para-hydroxylation sites is 1. The van der Waals surface area contributed by atoms with E-state index in [1.54, 1.807) is 31.2 Å². The third kappa shape index (κ3) is 5.18. The summed E-state index contributed by atoms with van der Waals surface area (Å²) in [7, 11) is -3.83. The summed E-state index contributed by atoms with van der Waals surface area (Å²) in [5.41, 5.74) is 2.17. The summed E-state index contributed by atoms with van der Waals surface area (Å²) in [5.74, 6) is -0.755. The van der Waals surface area contributed by atoms with E-state index in [2.05, 4.69) is 0 Å². The molecule has 0 unspecified atom stereocenters. The van der Waals surface area contributed by atoms with Gasteiger partial charge < -0.3 is 9.84 Å². The molecule has 3 aromatic carbocycles. The summed E-state index contributed by atoms with van der Waals surface area (Å²) in [6.45, 7) is 1.49. The van der Waals surface area contributed by atoms with Gasteiger partial charge in [-0.05, 0) is 54.8 Å². The van der Waals surface area contributed by atoms with Gasteiger partial charge in [-0.25, -0.2) is 13.2 Å². The van der Waals surface area contributed by atoms with Crippen molar-refractivity contribution in [1.82, 2.24) is 0 Å². The molecule has 0 amide bonds. The predicted octanol–water partition coefficient (Wildman–Crippen LogP) is 3.90. The minimum Gasteiger partial charge on any atom is -0.482 e. The minimum absolute atomic E-state index is 0.125. The average Bonchev–Trinajstić information content (AvgIpc) is 2.74. The quantitative estimate of drug-likeness (QED) is 0.562.